The molecular formula is C10H20N2O. The zero-order valence-electron chi connectivity index (χ0n) is 8.84. The number of carbonyl (C=O) groups is 1. The van der Waals surface area contributed by atoms with E-state index >= 15 is 0 Å². The van der Waals surface area contributed by atoms with Gasteiger partial charge in [0.2, 0.25) is 5.91 Å². The van der Waals surface area contributed by atoms with Crippen molar-refractivity contribution in [2.75, 3.05) is 26.2 Å². The topological polar surface area (TPSA) is 32.3 Å². The SMILES string of the molecule is CC(C)C(C)C(=O)N1CCNCC1. The summed E-state index contributed by atoms with van der Waals surface area (Å²) >= 11 is 0. The molecule has 3 heteroatoms. The fraction of sp³-hybridized carbons (Fsp3) is 0.900. The van der Waals surface area contributed by atoms with Gasteiger partial charge in [-0.1, -0.05) is 20.8 Å². The van der Waals surface area contributed by atoms with E-state index in [0.29, 0.717) is 11.8 Å². The summed E-state index contributed by atoms with van der Waals surface area (Å²) in [6.07, 6.45) is 0. The number of hydrogen-bond acceptors (Lipinski definition) is 2. The molecule has 1 saturated heterocycles. The van der Waals surface area contributed by atoms with Crippen molar-refractivity contribution in [1.29, 1.82) is 0 Å². The van der Waals surface area contributed by atoms with E-state index in [1.54, 1.807) is 0 Å². The summed E-state index contributed by atoms with van der Waals surface area (Å²) in [5, 5.41) is 3.24. The van der Waals surface area contributed by atoms with Gasteiger partial charge in [0.1, 0.15) is 0 Å². The van der Waals surface area contributed by atoms with Gasteiger partial charge in [-0.05, 0) is 5.92 Å². The van der Waals surface area contributed by atoms with Gasteiger partial charge in [-0.15, -0.1) is 0 Å². The molecule has 13 heavy (non-hydrogen) atoms. The summed E-state index contributed by atoms with van der Waals surface area (Å²) in [5.41, 5.74) is 0. The molecule has 1 aliphatic rings. The van der Waals surface area contributed by atoms with Crippen LogP contribution in [0.2, 0.25) is 0 Å². The van der Waals surface area contributed by atoms with E-state index < -0.39 is 0 Å². The molecule has 3 nitrogen and oxygen atoms in total. The van der Waals surface area contributed by atoms with Gasteiger partial charge in [0.15, 0.2) is 0 Å². The van der Waals surface area contributed by atoms with Crippen LogP contribution in [0.15, 0.2) is 0 Å². The van der Waals surface area contributed by atoms with Crippen LogP contribution in [-0.4, -0.2) is 37.0 Å². The maximum absolute atomic E-state index is 11.8. The number of hydrogen-bond donors (Lipinski definition) is 1. The average molecular weight is 184 g/mol. The largest absolute Gasteiger partial charge is 0.340 e. The van der Waals surface area contributed by atoms with Gasteiger partial charge in [0.05, 0.1) is 0 Å². The summed E-state index contributed by atoms with van der Waals surface area (Å²) in [5.74, 6) is 0.928. The van der Waals surface area contributed by atoms with Crippen LogP contribution in [0, 0.1) is 11.8 Å². The first-order chi connectivity index (χ1) is 6.13. The van der Waals surface area contributed by atoms with Crippen LogP contribution in [0.5, 0.6) is 0 Å². The van der Waals surface area contributed by atoms with Gasteiger partial charge < -0.3 is 10.2 Å². The molecule has 0 bridgehead atoms. The Balaban J connectivity index is 2.45. The Hall–Kier alpha value is -0.570. The van der Waals surface area contributed by atoms with E-state index in [2.05, 4.69) is 19.2 Å². The number of nitrogens with zero attached hydrogens (tertiary/aromatic N) is 1. The van der Waals surface area contributed by atoms with Crippen molar-refractivity contribution in [1.82, 2.24) is 10.2 Å². The minimum Gasteiger partial charge on any atom is -0.340 e. The zero-order valence-corrected chi connectivity index (χ0v) is 8.84. The Morgan fingerprint density at radius 3 is 2.23 bits per heavy atom. The highest BCUT2D eigenvalue weighted by molar-refractivity contribution is 5.78. The van der Waals surface area contributed by atoms with E-state index in [1.807, 2.05) is 11.8 Å². The Morgan fingerprint density at radius 1 is 1.23 bits per heavy atom. The molecule has 1 aliphatic heterocycles. The second-order valence-electron chi connectivity index (χ2n) is 4.11. The predicted molar refractivity (Wildman–Crippen MR) is 53.5 cm³/mol. The predicted octanol–water partition coefficient (Wildman–Crippen LogP) is 0.710. The van der Waals surface area contributed by atoms with Crippen molar-refractivity contribution in [2.45, 2.75) is 20.8 Å². The van der Waals surface area contributed by atoms with Crippen molar-refractivity contribution in [2.24, 2.45) is 11.8 Å². The summed E-state index contributed by atoms with van der Waals surface area (Å²) < 4.78 is 0. The first-order valence-electron chi connectivity index (χ1n) is 5.12. The number of nitrogens with one attached hydrogen (secondary N) is 1. The van der Waals surface area contributed by atoms with Crippen LogP contribution >= 0.6 is 0 Å². The maximum atomic E-state index is 11.8. The summed E-state index contributed by atoms with van der Waals surface area (Å²) in [7, 11) is 0. The lowest BCUT2D eigenvalue weighted by atomic mass is 9.96. The highest BCUT2D eigenvalue weighted by atomic mass is 16.2. The summed E-state index contributed by atoms with van der Waals surface area (Å²) in [4.78, 5) is 13.8. The van der Waals surface area contributed by atoms with Gasteiger partial charge in [-0.2, -0.15) is 0 Å². The van der Waals surface area contributed by atoms with Crippen molar-refractivity contribution in [3.63, 3.8) is 0 Å². The molecule has 0 saturated carbocycles. The van der Waals surface area contributed by atoms with E-state index in [1.165, 1.54) is 0 Å². The van der Waals surface area contributed by atoms with Gasteiger partial charge in [0.25, 0.3) is 0 Å². The molecular weight excluding hydrogens is 164 g/mol. The Morgan fingerprint density at radius 2 is 1.77 bits per heavy atom. The minimum atomic E-state index is 0.165. The second kappa shape index (κ2) is 4.61. The van der Waals surface area contributed by atoms with Crippen molar-refractivity contribution in [3.8, 4) is 0 Å². The third-order valence-electron chi connectivity index (χ3n) is 2.82. The highest BCUT2D eigenvalue weighted by Gasteiger charge is 2.23. The van der Waals surface area contributed by atoms with Gasteiger partial charge in [-0.25, -0.2) is 0 Å². The molecule has 1 atom stereocenters. The van der Waals surface area contributed by atoms with E-state index in [0.717, 1.165) is 26.2 Å². The Kier molecular flexibility index (Phi) is 3.72. The van der Waals surface area contributed by atoms with Gasteiger partial charge in [-0.3, -0.25) is 4.79 Å². The van der Waals surface area contributed by atoms with Crippen LogP contribution in [0.4, 0.5) is 0 Å². The van der Waals surface area contributed by atoms with Gasteiger partial charge in [0, 0.05) is 32.1 Å². The van der Waals surface area contributed by atoms with Gasteiger partial charge >= 0.3 is 0 Å². The molecule has 0 spiro atoms. The fourth-order valence-electron chi connectivity index (χ4n) is 1.46. The number of piperazine rings is 1. The number of carbonyl (C=O) groups excluding carboxylic acids is 1. The smallest absolute Gasteiger partial charge is 0.225 e. The molecule has 0 aromatic rings. The van der Waals surface area contributed by atoms with E-state index in [4.69, 9.17) is 0 Å². The molecule has 1 amide bonds. The van der Waals surface area contributed by atoms with Crippen LogP contribution in [-0.2, 0) is 4.79 Å². The molecule has 0 aromatic carbocycles. The molecule has 0 aromatic heterocycles. The summed E-state index contributed by atoms with van der Waals surface area (Å²) in [6.45, 7) is 9.85. The second-order valence-corrected chi connectivity index (χ2v) is 4.11. The Bertz CT molecular complexity index is 174. The third-order valence-corrected chi connectivity index (χ3v) is 2.82. The molecule has 0 radical (unpaired) electrons. The lowest BCUT2D eigenvalue weighted by Gasteiger charge is -2.30. The van der Waals surface area contributed by atoms with Crippen LogP contribution < -0.4 is 5.32 Å². The molecule has 0 aliphatic carbocycles. The molecule has 1 N–H and O–H groups in total. The first-order valence-corrected chi connectivity index (χ1v) is 5.12. The molecule has 1 heterocycles. The van der Waals surface area contributed by atoms with Crippen molar-refractivity contribution in [3.05, 3.63) is 0 Å². The Labute approximate surface area is 80.5 Å². The van der Waals surface area contributed by atoms with Crippen molar-refractivity contribution >= 4 is 5.91 Å². The minimum absolute atomic E-state index is 0.165. The quantitative estimate of drug-likeness (QED) is 0.685. The fourth-order valence-corrected chi connectivity index (χ4v) is 1.46. The van der Waals surface area contributed by atoms with E-state index in [-0.39, 0.29) is 5.92 Å². The molecule has 1 fully saturated rings. The monoisotopic (exact) mass is 184 g/mol. The highest BCUT2D eigenvalue weighted by Crippen LogP contribution is 2.13. The van der Waals surface area contributed by atoms with Crippen molar-refractivity contribution < 1.29 is 4.79 Å². The maximum Gasteiger partial charge on any atom is 0.225 e. The van der Waals surface area contributed by atoms with Crippen LogP contribution in [0.3, 0.4) is 0 Å². The standard InChI is InChI=1S/C10H20N2O/c1-8(2)9(3)10(13)12-6-4-11-5-7-12/h8-9,11H,4-7H2,1-3H3. The first kappa shape index (κ1) is 10.5. The number of rotatable bonds is 2. The number of amides is 1. The average Bonchev–Trinajstić information content (AvgIpc) is 2.17. The van der Waals surface area contributed by atoms with Crippen LogP contribution in [0.25, 0.3) is 0 Å². The van der Waals surface area contributed by atoms with E-state index in [9.17, 15) is 4.79 Å². The molecule has 76 valence electrons. The molecule has 1 unspecified atom stereocenters. The van der Waals surface area contributed by atoms with Crippen LogP contribution in [0.1, 0.15) is 20.8 Å². The molecule has 1 rings (SSSR count). The summed E-state index contributed by atoms with van der Waals surface area (Å²) in [6, 6.07) is 0. The third kappa shape index (κ3) is 2.69. The zero-order chi connectivity index (χ0) is 9.84. The normalized spacial score (nSPS) is 20.5. The lowest BCUT2D eigenvalue weighted by Crippen LogP contribution is -2.48. The lowest BCUT2D eigenvalue weighted by molar-refractivity contribution is -0.136.